The zero-order valence-corrected chi connectivity index (χ0v) is 11.6. The maximum atomic E-state index is 12.0. The summed E-state index contributed by atoms with van der Waals surface area (Å²) in [7, 11) is 0. The van der Waals surface area contributed by atoms with Crippen molar-refractivity contribution in [3.8, 4) is 0 Å². The van der Waals surface area contributed by atoms with Crippen LogP contribution in [0.5, 0.6) is 0 Å². The lowest BCUT2D eigenvalue weighted by molar-refractivity contribution is -0.132. The number of anilines is 1. The molecule has 0 aliphatic heterocycles. The van der Waals surface area contributed by atoms with Crippen LogP contribution in [0.1, 0.15) is 31.1 Å². The highest BCUT2D eigenvalue weighted by atomic mass is 16.2. The highest BCUT2D eigenvalue weighted by molar-refractivity contribution is 5.97. The first kappa shape index (κ1) is 15.0. The Morgan fingerprint density at radius 3 is 2.21 bits per heavy atom. The molecule has 0 aliphatic carbocycles. The van der Waals surface area contributed by atoms with E-state index in [2.05, 4.69) is 5.32 Å². The quantitative estimate of drug-likeness (QED) is 0.785. The van der Waals surface area contributed by atoms with E-state index in [4.69, 9.17) is 5.73 Å². The van der Waals surface area contributed by atoms with Crippen molar-refractivity contribution in [1.29, 1.82) is 0 Å². The lowest BCUT2D eigenvalue weighted by atomic mass is 10.2. The Labute approximate surface area is 113 Å². The molecule has 0 radical (unpaired) electrons. The van der Waals surface area contributed by atoms with Gasteiger partial charge in [-0.05, 0) is 45.0 Å². The van der Waals surface area contributed by atoms with Crippen molar-refractivity contribution < 1.29 is 9.59 Å². The van der Waals surface area contributed by atoms with Crippen molar-refractivity contribution in [2.24, 2.45) is 0 Å². The first-order valence-electron chi connectivity index (χ1n) is 6.44. The van der Waals surface area contributed by atoms with Crippen molar-refractivity contribution in [2.45, 2.75) is 26.8 Å². The summed E-state index contributed by atoms with van der Waals surface area (Å²) in [6.45, 7) is 6.79. The van der Waals surface area contributed by atoms with Crippen molar-refractivity contribution in [3.05, 3.63) is 29.8 Å². The molecular formula is C14H21N3O2. The molecule has 5 heteroatoms. The number of hydrogen-bond acceptors (Lipinski definition) is 3. The van der Waals surface area contributed by atoms with Gasteiger partial charge in [0.1, 0.15) is 6.04 Å². The molecule has 1 aromatic carbocycles. The zero-order valence-electron chi connectivity index (χ0n) is 11.6. The number of nitrogens with one attached hydrogen (secondary N) is 1. The summed E-state index contributed by atoms with van der Waals surface area (Å²) in [5.74, 6) is -0.346. The predicted octanol–water partition coefficient (Wildman–Crippen LogP) is 1.26. The molecule has 0 aromatic heterocycles. The molecule has 0 fully saturated rings. The van der Waals surface area contributed by atoms with Crippen LogP contribution in [0.25, 0.3) is 0 Å². The van der Waals surface area contributed by atoms with Gasteiger partial charge in [-0.2, -0.15) is 0 Å². The second-order valence-electron chi connectivity index (χ2n) is 4.33. The van der Waals surface area contributed by atoms with Crippen LogP contribution in [0.15, 0.2) is 24.3 Å². The third-order valence-corrected chi connectivity index (χ3v) is 2.97. The number of amides is 2. The average molecular weight is 263 g/mol. The molecule has 0 saturated heterocycles. The van der Waals surface area contributed by atoms with Crippen LogP contribution < -0.4 is 11.1 Å². The Hall–Kier alpha value is -2.04. The van der Waals surface area contributed by atoms with E-state index in [1.807, 2.05) is 13.8 Å². The van der Waals surface area contributed by atoms with E-state index in [0.717, 1.165) is 0 Å². The normalized spacial score (nSPS) is 11.7. The second-order valence-corrected chi connectivity index (χ2v) is 4.33. The topological polar surface area (TPSA) is 75.4 Å². The second kappa shape index (κ2) is 6.78. The van der Waals surface area contributed by atoms with Crippen LogP contribution >= 0.6 is 0 Å². The number of benzene rings is 1. The third kappa shape index (κ3) is 3.98. The minimum Gasteiger partial charge on any atom is -0.399 e. The molecule has 1 unspecified atom stereocenters. The molecule has 1 aromatic rings. The number of nitrogen functional groups attached to an aromatic ring is 1. The highest BCUT2D eigenvalue weighted by Gasteiger charge is 2.20. The predicted molar refractivity (Wildman–Crippen MR) is 75.7 cm³/mol. The first-order chi connectivity index (χ1) is 8.99. The molecule has 0 saturated carbocycles. The SMILES string of the molecule is CCN(CC)C(=O)C(C)NC(=O)c1ccc(N)cc1. The number of carbonyl (C=O) groups excluding carboxylic acids is 2. The van der Waals surface area contributed by atoms with Crippen LogP contribution in [-0.2, 0) is 4.79 Å². The van der Waals surface area contributed by atoms with Crippen molar-refractivity contribution in [2.75, 3.05) is 18.8 Å². The fourth-order valence-electron chi connectivity index (χ4n) is 1.79. The number of rotatable bonds is 5. The van der Waals surface area contributed by atoms with Crippen LogP contribution in [0, 0.1) is 0 Å². The summed E-state index contributed by atoms with van der Waals surface area (Å²) in [4.78, 5) is 25.7. The Kier molecular flexibility index (Phi) is 5.36. The third-order valence-electron chi connectivity index (χ3n) is 2.97. The summed E-state index contributed by atoms with van der Waals surface area (Å²) in [5.41, 5.74) is 6.65. The van der Waals surface area contributed by atoms with Crippen molar-refractivity contribution in [3.63, 3.8) is 0 Å². The van der Waals surface area contributed by atoms with Crippen LogP contribution in [0.3, 0.4) is 0 Å². The Bertz CT molecular complexity index is 439. The van der Waals surface area contributed by atoms with Gasteiger partial charge in [-0.25, -0.2) is 0 Å². The molecule has 0 bridgehead atoms. The van der Waals surface area contributed by atoms with E-state index in [-0.39, 0.29) is 11.8 Å². The van der Waals surface area contributed by atoms with Gasteiger partial charge in [-0.3, -0.25) is 9.59 Å². The summed E-state index contributed by atoms with van der Waals surface area (Å²) >= 11 is 0. The van der Waals surface area contributed by atoms with Gasteiger partial charge >= 0.3 is 0 Å². The van der Waals surface area contributed by atoms with E-state index in [9.17, 15) is 9.59 Å². The van der Waals surface area contributed by atoms with Gasteiger partial charge in [-0.15, -0.1) is 0 Å². The minimum atomic E-state index is -0.537. The number of nitrogens with two attached hydrogens (primary N) is 1. The Morgan fingerprint density at radius 2 is 1.74 bits per heavy atom. The van der Waals surface area contributed by atoms with Crippen molar-refractivity contribution >= 4 is 17.5 Å². The van der Waals surface area contributed by atoms with E-state index in [1.165, 1.54) is 0 Å². The van der Waals surface area contributed by atoms with E-state index in [0.29, 0.717) is 24.3 Å². The van der Waals surface area contributed by atoms with Crippen LogP contribution in [0.4, 0.5) is 5.69 Å². The molecule has 0 aliphatic rings. The highest BCUT2D eigenvalue weighted by Crippen LogP contribution is 2.06. The molecule has 0 heterocycles. The molecular weight excluding hydrogens is 242 g/mol. The smallest absolute Gasteiger partial charge is 0.251 e. The fourth-order valence-corrected chi connectivity index (χ4v) is 1.79. The largest absolute Gasteiger partial charge is 0.399 e. The van der Waals surface area contributed by atoms with Gasteiger partial charge in [0, 0.05) is 24.3 Å². The van der Waals surface area contributed by atoms with Crippen LogP contribution in [-0.4, -0.2) is 35.8 Å². The lowest BCUT2D eigenvalue weighted by Crippen LogP contribution is -2.46. The summed E-state index contributed by atoms with van der Waals surface area (Å²) in [5, 5.41) is 2.69. The molecule has 104 valence electrons. The van der Waals surface area contributed by atoms with Crippen LogP contribution in [0.2, 0.25) is 0 Å². The molecule has 5 nitrogen and oxygen atoms in total. The minimum absolute atomic E-state index is 0.0752. The maximum Gasteiger partial charge on any atom is 0.251 e. The number of hydrogen-bond donors (Lipinski definition) is 2. The Morgan fingerprint density at radius 1 is 1.21 bits per heavy atom. The van der Waals surface area contributed by atoms with Gasteiger partial charge in [0.2, 0.25) is 5.91 Å². The van der Waals surface area contributed by atoms with E-state index < -0.39 is 6.04 Å². The van der Waals surface area contributed by atoms with Gasteiger partial charge in [0.25, 0.3) is 5.91 Å². The van der Waals surface area contributed by atoms with Crippen molar-refractivity contribution in [1.82, 2.24) is 10.2 Å². The van der Waals surface area contributed by atoms with Gasteiger partial charge < -0.3 is 16.0 Å². The molecule has 0 spiro atoms. The first-order valence-corrected chi connectivity index (χ1v) is 6.44. The number of carbonyl (C=O) groups is 2. The summed E-state index contributed by atoms with van der Waals surface area (Å²) in [6, 6.07) is 6.06. The summed E-state index contributed by atoms with van der Waals surface area (Å²) in [6.07, 6.45) is 0. The molecule has 2 amide bonds. The maximum absolute atomic E-state index is 12.0. The van der Waals surface area contributed by atoms with Gasteiger partial charge in [-0.1, -0.05) is 0 Å². The fraction of sp³-hybridized carbons (Fsp3) is 0.429. The molecule has 1 atom stereocenters. The van der Waals surface area contributed by atoms with Gasteiger partial charge in [0.05, 0.1) is 0 Å². The average Bonchev–Trinajstić information content (AvgIpc) is 2.40. The number of nitrogens with zero attached hydrogens (tertiary/aromatic N) is 1. The zero-order chi connectivity index (χ0) is 14.4. The standard InChI is InChI=1S/C14H21N3O2/c1-4-17(5-2)14(19)10(3)16-13(18)11-6-8-12(15)9-7-11/h6-10H,4-5,15H2,1-3H3,(H,16,18). The van der Waals surface area contributed by atoms with E-state index >= 15 is 0 Å². The summed E-state index contributed by atoms with van der Waals surface area (Å²) < 4.78 is 0. The van der Waals surface area contributed by atoms with Gasteiger partial charge in [0.15, 0.2) is 0 Å². The Balaban J connectivity index is 2.66. The molecule has 1 rings (SSSR count). The molecule has 3 N–H and O–H groups in total. The molecule has 19 heavy (non-hydrogen) atoms. The lowest BCUT2D eigenvalue weighted by Gasteiger charge is -2.23. The number of likely N-dealkylation sites (N-methyl/N-ethyl adjacent to an activating group) is 1. The van der Waals surface area contributed by atoms with E-state index in [1.54, 1.807) is 36.1 Å². The monoisotopic (exact) mass is 263 g/mol.